The number of halogens is 1. The average Bonchev–Trinajstić information content (AvgIpc) is 2.82. The molecule has 0 radical (unpaired) electrons. The van der Waals surface area contributed by atoms with E-state index in [2.05, 4.69) is 43.1 Å². The van der Waals surface area contributed by atoms with Crippen LogP contribution in [0.5, 0.6) is 0 Å². The molecule has 6 heteroatoms. The first kappa shape index (κ1) is 26.4. The van der Waals surface area contributed by atoms with Crippen molar-refractivity contribution in [1.29, 1.82) is 0 Å². The molecule has 2 heterocycles. The Bertz CT molecular complexity index is 575. The maximum absolute atomic E-state index is 12.3. The number of pyridine rings is 1. The van der Waals surface area contributed by atoms with Crippen LogP contribution in [0, 0.1) is 0 Å². The van der Waals surface area contributed by atoms with E-state index in [0.717, 1.165) is 45.0 Å². The summed E-state index contributed by atoms with van der Waals surface area (Å²) in [6.45, 7) is 4.68. The van der Waals surface area contributed by atoms with Crippen LogP contribution in [0.1, 0.15) is 93.8 Å². The quantitative estimate of drug-likeness (QED) is 0.150. The number of hydrogen-bond donors (Lipinski definition) is 2. The van der Waals surface area contributed by atoms with Gasteiger partial charge in [0.15, 0.2) is 0 Å². The highest BCUT2D eigenvalue weighted by atomic mass is 127. The maximum atomic E-state index is 12.3. The van der Waals surface area contributed by atoms with Gasteiger partial charge in [-0.25, -0.2) is 4.98 Å². The third-order valence-corrected chi connectivity index (χ3v) is 6.81. The standard InChI is InChI=1S/C25H43IN4O/c26-16-12-10-8-6-4-2-1-3-5-7-9-11-13-17-28-25(31)23-14-15-24(29-22-23)30-20-18-27-19-21-30/h14-15,22,27H,1-13,16-21H2,(H,28,31). The topological polar surface area (TPSA) is 57.3 Å². The van der Waals surface area contributed by atoms with Crippen LogP contribution in [0.3, 0.4) is 0 Å². The summed E-state index contributed by atoms with van der Waals surface area (Å²) in [5.74, 6) is 0.957. The molecule has 1 saturated heterocycles. The van der Waals surface area contributed by atoms with E-state index in [-0.39, 0.29) is 5.91 Å². The maximum Gasteiger partial charge on any atom is 0.252 e. The predicted octanol–water partition coefficient (Wildman–Crippen LogP) is 5.73. The monoisotopic (exact) mass is 542 g/mol. The fourth-order valence-corrected chi connectivity index (χ4v) is 4.61. The van der Waals surface area contributed by atoms with Crippen molar-refractivity contribution in [2.75, 3.05) is 42.1 Å². The van der Waals surface area contributed by atoms with Crippen LogP contribution in [-0.2, 0) is 0 Å². The van der Waals surface area contributed by atoms with Crippen LogP contribution in [0.4, 0.5) is 5.82 Å². The van der Waals surface area contributed by atoms with Crippen molar-refractivity contribution in [1.82, 2.24) is 15.6 Å². The molecule has 176 valence electrons. The first-order valence-electron chi connectivity index (χ1n) is 12.6. The van der Waals surface area contributed by atoms with Gasteiger partial charge in [0.1, 0.15) is 5.82 Å². The van der Waals surface area contributed by atoms with Crippen molar-refractivity contribution < 1.29 is 4.79 Å². The van der Waals surface area contributed by atoms with Gasteiger partial charge in [-0.2, -0.15) is 0 Å². The van der Waals surface area contributed by atoms with Crippen LogP contribution < -0.4 is 15.5 Å². The zero-order valence-corrected chi connectivity index (χ0v) is 21.5. The molecule has 1 aromatic heterocycles. The summed E-state index contributed by atoms with van der Waals surface area (Å²) in [6.07, 6.45) is 19.3. The van der Waals surface area contributed by atoms with Crippen molar-refractivity contribution in [3.8, 4) is 0 Å². The highest BCUT2D eigenvalue weighted by Crippen LogP contribution is 2.14. The molecule has 0 unspecified atom stereocenters. The lowest BCUT2D eigenvalue weighted by Gasteiger charge is -2.28. The Hall–Kier alpha value is -0.890. The number of amides is 1. The van der Waals surface area contributed by atoms with Gasteiger partial charge in [-0.15, -0.1) is 0 Å². The van der Waals surface area contributed by atoms with Gasteiger partial charge in [-0.3, -0.25) is 4.79 Å². The van der Waals surface area contributed by atoms with Crippen LogP contribution >= 0.6 is 22.6 Å². The summed E-state index contributed by atoms with van der Waals surface area (Å²) < 4.78 is 1.31. The number of unbranched alkanes of at least 4 members (excludes halogenated alkanes) is 12. The van der Waals surface area contributed by atoms with Crippen LogP contribution in [-0.4, -0.2) is 48.0 Å². The summed E-state index contributed by atoms with van der Waals surface area (Å²) in [5.41, 5.74) is 0.656. The molecule has 1 fully saturated rings. The van der Waals surface area contributed by atoms with Gasteiger partial charge in [-0.05, 0) is 29.4 Å². The largest absolute Gasteiger partial charge is 0.354 e. The minimum atomic E-state index is -0.00588. The normalized spacial score (nSPS) is 14.0. The second-order valence-electron chi connectivity index (χ2n) is 8.68. The molecule has 1 amide bonds. The van der Waals surface area contributed by atoms with E-state index in [9.17, 15) is 4.79 Å². The van der Waals surface area contributed by atoms with Crippen molar-refractivity contribution in [3.05, 3.63) is 23.9 Å². The first-order chi connectivity index (χ1) is 15.3. The highest BCUT2D eigenvalue weighted by molar-refractivity contribution is 14.1. The molecule has 0 saturated carbocycles. The summed E-state index contributed by atoms with van der Waals surface area (Å²) in [5, 5.41) is 6.38. The lowest BCUT2D eigenvalue weighted by molar-refractivity contribution is 0.0952. The van der Waals surface area contributed by atoms with Crippen molar-refractivity contribution in [3.63, 3.8) is 0 Å². The molecule has 1 aliphatic heterocycles. The van der Waals surface area contributed by atoms with Crippen molar-refractivity contribution in [2.24, 2.45) is 0 Å². The smallest absolute Gasteiger partial charge is 0.252 e. The lowest BCUT2D eigenvalue weighted by atomic mass is 10.0. The lowest BCUT2D eigenvalue weighted by Crippen LogP contribution is -2.43. The number of anilines is 1. The van der Waals surface area contributed by atoms with Crippen molar-refractivity contribution >= 4 is 34.3 Å². The molecule has 1 aliphatic rings. The fourth-order valence-electron chi connectivity index (χ4n) is 4.07. The van der Waals surface area contributed by atoms with Crippen molar-refractivity contribution in [2.45, 2.75) is 83.5 Å². The Morgan fingerprint density at radius 3 is 1.94 bits per heavy atom. The minimum Gasteiger partial charge on any atom is -0.354 e. The van der Waals surface area contributed by atoms with Gasteiger partial charge in [-0.1, -0.05) is 93.2 Å². The van der Waals surface area contributed by atoms with E-state index in [1.165, 1.54) is 81.5 Å². The van der Waals surface area contributed by atoms with Crippen LogP contribution in [0.25, 0.3) is 0 Å². The Kier molecular flexibility index (Phi) is 15.0. The second kappa shape index (κ2) is 17.6. The van der Waals surface area contributed by atoms with Crippen LogP contribution in [0.15, 0.2) is 18.3 Å². The van der Waals surface area contributed by atoms with Gasteiger partial charge < -0.3 is 15.5 Å². The molecule has 1 aromatic rings. The van der Waals surface area contributed by atoms with Gasteiger partial charge in [0, 0.05) is 38.9 Å². The SMILES string of the molecule is O=C(NCCCCCCCCCCCCCCCI)c1ccc(N2CCNCC2)nc1. The van der Waals surface area contributed by atoms with Crippen LogP contribution in [0.2, 0.25) is 0 Å². The van der Waals surface area contributed by atoms with E-state index in [1.807, 2.05) is 12.1 Å². The zero-order valence-electron chi connectivity index (χ0n) is 19.3. The Balaban J connectivity index is 1.40. The molecule has 0 aromatic carbocycles. The van der Waals surface area contributed by atoms with E-state index in [0.29, 0.717) is 5.56 Å². The molecule has 0 atom stereocenters. The number of rotatable bonds is 17. The predicted molar refractivity (Wildman–Crippen MR) is 141 cm³/mol. The number of piperazine rings is 1. The fraction of sp³-hybridized carbons (Fsp3) is 0.760. The van der Waals surface area contributed by atoms with Gasteiger partial charge in [0.25, 0.3) is 5.91 Å². The number of aromatic nitrogens is 1. The molecule has 31 heavy (non-hydrogen) atoms. The Labute approximate surface area is 203 Å². The Morgan fingerprint density at radius 1 is 0.871 bits per heavy atom. The van der Waals surface area contributed by atoms with E-state index in [4.69, 9.17) is 0 Å². The first-order valence-corrected chi connectivity index (χ1v) is 14.1. The average molecular weight is 543 g/mol. The van der Waals surface area contributed by atoms with E-state index < -0.39 is 0 Å². The third-order valence-electron chi connectivity index (χ3n) is 6.05. The number of carbonyl (C=O) groups is 1. The number of alkyl halides is 1. The molecule has 0 bridgehead atoms. The second-order valence-corrected chi connectivity index (χ2v) is 9.76. The molecular weight excluding hydrogens is 499 g/mol. The van der Waals surface area contributed by atoms with E-state index >= 15 is 0 Å². The molecule has 5 nitrogen and oxygen atoms in total. The zero-order chi connectivity index (χ0) is 22.0. The van der Waals surface area contributed by atoms with E-state index in [1.54, 1.807) is 6.20 Å². The number of nitrogens with one attached hydrogen (secondary N) is 2. The molecule has 2 N–H and O–H groups in total. The summed E-state index contributed by atoms with van der Waals surface area (Å²) in [4.78, 5) is 19.0. The number of hydrogen-bond acceptors (Lipinski definition) is 4. The molecule has 0 aliphatic carbocycles. The third kappa shape index (κ3) is 12.1. The molecule has 2 rings (SSSR count). The summed E-state index contributed by atoms with van der Waals surface area (Å²) in [6, 6.07) is 3.86. The molecule has 0 spiro atoms. The van der Waals surface area contributed by atoms with Gasteiger partial charge in [0.05, 0.1) is 5.56 Å². The Morgan fingerprint density at radius 2 is 1.42 bits per heavy atom. The number of carbonyl (C=O) groups excluding carboxylic acids is 1. The molecular formula is C25H43IN4O. The van der Waals surface area contributed by atoms with Gasteiger partial charge in [0.2, 0.25) is 0 Å². The number of nitrogens with zero attached hydrogens (tertiary/aromatic N) is 2. The summed E-state index contributed by atoms with van der Waals surface area (Å²) in [7, 11) is 0. The van der Waals surface area contributed by atoms with Gasteiger partial charge >= 0.3 is 0 Å². The highest BCUT2D eigenvalue weighted by Gasteiger charge is 2.12. The minimum absolute atomic E-state index is 0.00588. The summed E-state index contributed by atoms with van der Waals surface area (Å²) >= 11 is 2.47.